The van der Waals surface area contributed by atoms with Crippen LogP contribution in [-0.4, -0.2) is 0 Å². The van der Waals surface area contributed by atoms with Gasteiger partial charge >= 0.3 is 177 Å². The Bertz CT molecular complexity index is 399. The summed E-state index contributed by atoms with van der Waals surface area (Å²) < 4.78 is 0. The summed E-state index contributed by atoms with van der Waals surface area (Å²) in [5, 5.41) is 0. The number of hydrogen-bond acceptors (Lipinski definition) is 0. The van der Waals surface area contributed by atoms with Crippen LogP contribution in [0.2, 0.25) is 0 Å². The summed E-state index contributed by atoms with van der Waals surface area (Å²) in [4.78, 5) is 0. The van der Waals surface area contributed by atoms with Crippen molar-refractivity contribution in [3.05, 3.63) is 149 Å². The van der Waals surface area contributed by atoms with E-state index in [1.807, 2.05) is 78.0 Å². The SMILES string of the molecule is [CH-]=C/C=C/C.[CH-]=C/C=C/C.[CH-]=C/C=C/C.[CH-]=C/C=C/C.[CH-]=C/C=C/C.[CH-]=C/C=C/C.[Na+].[Na+].[Na+].[Na+].[Na+].[Na+]. The van der Waals surface area contributed by atoms with E-state index < -0.39 is 0 Å². The molecule has 0 N–H and O–H groups in total. The molecule has 0 aliphatic heterocycles. The van der Waals surface area contributed by atoms with E-state index in [9.17, 15) is 0 Å². The minimum Gasteiger partial charge on any atom is -0.293 e. The van der Waals surface area contributed by atoms with Gasteiger partial charge in [-0.2, -0.15) is 36.5 Å². The zero-order chi connectivity index (χ0) is 24.7. The Kier molecular flexibility index (Phi) is 253. The first-order valence-corrected chi connectivity index (χ1v) is 9.46. The predicted molar refractivity (Wildman–Crippen MR) is 142 cm³/mol. The van der Waals surface area contributed by atoms with Crippen LogP contribution in [-0.2, 0) is 0 Å². The van der Waals surface area contributed by atoms with Crippen LogP contribution >= 0.6 is 0 Å². The average molecular weight is 541 g/mol. The van der Waals surface area contributed by atoms with Gasteiger partial charge in [0.05, 0.1) is 0 Å². The van der Waals surface area contributed by atoms with E-state index in [-0.39, 0.29) is 177 Å². The van der Waals surface area contributed by atoms with Crippen LogP contribution in [0.4, 0.5) is 0 Å². The standard InChI is InChI=1S/6C5H7.6Na/c6*1-3-5-4-2;;;;;;/h6*1,3-5H,2H3;;;;;;/q6*-1;6*+1/b6*5-4+;;;;;;. The van der Waals surface area contributed by atoms with E-state index in [1.165, 1.54) is 36.5 Å². The van der Waals surface area contributed by atoms with E-state index in [1.54, 1.807) is 36.5 Å². The molecule has 36 heavy (non-hydrogen) atoms. The van der Waals surface area contributed by atoms with E-state index >= 15 is 0 Å². The van der Waals surface area contributed by atoms with Gasteiger partial charge in [0.25, 0.3) is 0 Å². The van der Waals surface area contributed by atoms with Gasteiger partial charge in [-0.05, 0) is 0 Å². The molecule has 0 spiro atoms. The number of rotatable bonds is 6. The van der Waals surface area contributed by atoms with Crippen molar-refractivity contribution in [2.24, 2.45) is 0 Å². The van der Waals surface area contributed by atoms with Crippen LogP contribution in [0.3, 0.4) is 0 Å². The van der Waals surface area contributed by atoms with Crippen LogP contribution in [0.25, 0.3) is 0 Å². The Morgan fingerprint density at radius 2 is 0.333 bits per heavy atom. The van der Waals surface area contributed by atoms with Crippen molar-refractivity contribution in [1.82, 2.24) is 0 Å². The molecular formula is C30H42Na6. The molecule has 6 heteroatoms. The third-order valence-electron chi connectivity index (χ3n) is 1.82. The molecule has 0 bridgehead atoms. The summed E-state index contributed by atoms with van der Waals surface area (Å²) in [5.41, 5.74) is 0. The smallest absolute Gasteiger partial charge is 0.293 e. The van der Waals surface area contributed by atoms with Crippen molar-refractivity contribution in [2.75, 3.05) is 0 Å². The molecule has 0 unspecified atom stereocenters. The van der Waals surface area contributed by atoms with Crippen molar-refractivity contribution in [1.29, 1.82) is 0 Å². The van der Waals surface area contributed by atoms with E-state index in [2.05, 4.69) is 0 Å². The van der Waals surface area contributed by atoms with Gasteiger partial charge in [0.1, 0.15) is 0 Å². The second-order valence-electron chi connectivity index (χ2n) is 4.31. The molecule has 0 aromatic carbocycles. The minimum atomic E-state index is 0. The maximum Gasteiger partial charge on any atom is 1.00 e. The molecular weight excluding hydrogens is 498 g/mol. The first-order chi connectivity index (χ1) is 14.5. The summed E-state index contributed by atoms with van der Waals surface area (Å²) in [5.74, 6) is 0. The molecule has 0 saturated carbocycles. The van der Waals surface area contributed by atoms with Crippen molar-refractivity contribution in [3.63, 3.8) is 0 Å². The quantitative estimate of drug-likeness (QED) is 0.179. The molecule has 0 fully saturated rings. The largest absolute Gasteiger partial charge is 1.00 e. The fourth-order valence-electron chi connectivity index (χ4n) is 0.667. The summed E-state index contributed by atoms with van der Waals surface area (Å²) in [6.07, 6.45) is 30.9. The maximum absolute atomic E-state index is 4.93. The topological polar surface area (TPSA) is 0 Å². The normalized spacial score (nSPS) is 7.50. The summed E-state index contributed by atoms with van der Waals surface area (Å²) >= 11 is 0. The van der Waals surface area contributed by atoms with Gasteiger partial charge in [-0.15, -0.1) is 0 Å². The van der Waals surface area contributed by atoms with Crippen LogP contribution in [0.5, 0.6) is 0 Å². The predicted octanol–water partition coefficient (Wildman–Crippen LogP) is -8.67. The molecule has 0 radical (unpaired) electrons. The van der Waals surface area contributed by atoms with Crippen molar-refractivity contribution in [2.45, 2.75) is 41.5 Å². The molecule has 0 atom stereocenters. The second kappa shape index (κ2) is 118. The molecule has 0 aromatic rings. The Balaban J connectivity index is -0.0000000186. The van der Waals surface area contributed by atoms with Gasteiger partial charge in [0.2, 0.25) is 0 Å². The monoisotopic (exact) mass is 540 g/mol. The Hall–Kier alpha value is 2.88. The Morgan fingerprint density at radius 3 is 0.333 bits per heavy atom. The van der Waals surface area contributed by atoms with Crippen LogP contribution in [0, 0.1) is 39.5 Å². The van der Waals surface area contributed by atoms with Crippen molar-refractivity contribution < 1.29 is 177 Å². The van der Waals surface area contributed by atoms with Gasteiger partial charge in [-0.25, -0.2) is 72.9 Å². The fourth-order valence-corrected chi connectivity index (χ4v) is 0.667. The van der Waals surface area contributed by atoms with Crippen LogP contribution in [0.15, 0.2) is 109 Å². The Labute approximate surface area is 361 Å². The molecule has 0 aliphatic carbocycles. The van der Waals surface area contributed by atoms with Gasteiger partial charge in [0.15, 0.2) is 0 Å². The third-order valence-corrected chi connectivity index (χ3v) is 1.82. The maximum atomic E-state index is 4.93. The Morgan fingerprint density at radius 1 is 0.250 bits per heavy atom. The first kappa shape index (κ1) is 77.2. The number of allylic oxidation sites excluding steroid dienone is 18. The molecule has 0 amide bonds. The van der Waals surface area contributed by atoms with Crippen LogP contribution < -0.4 is 177 Å². The molecule has 0 saturated heterocycles. The molecule has 0 rings (SSSR count). The van der Waals surface area contributed by atoms with Gasteiger partial charge in [0, 0.05) is 0 Å². The van der Waals surface area contributed by atoms with Gasteiger partial charge < -0.3 is 0 Å². The van der Waals surface area contributed by atoms with Crippen molar-refractivity contribution in [3.8, 4) is 0 Å². The zero-order valence-electron chi connectivity index (χ0n) is 25.9. The van der Waals surface area contributed by atoms with E-state index in [0.717, 1.165) is 0 Å². The first-order valence-electron chi connectivity index (χ1n) is 9.46. The summed E-state index contributed by atoms with van der Waals surface area (Å²) in [6.45, 7) is 41.1. The van der Waals surface area contributed by atoms with E-state index in [4.69, 9.17) is 39.5 Å². The second-order valence-corrected chi connectivity index (χ2v) is 4.31. The average Bonchev–Trinajstić information content (AvgIpc) is 2.74. The van der Waals surface area contributed by atoms with E-state index in [0.29, 0.717) is 0 Å². The molecule has 0 heterocycles. The van der Waals surface area contributed by atoms with Gasteiger partial charge in [-0.1, -0.05) is 41.5 Å². The zero-order valence-corrected chi connectivity index (χ0v) is 37.9. The molecule has 0 aromatic heterocycles. The summed E-state index contributed by atoms with van der Waals surface area (Å²) in [6, 6.07) is 0. The van der Waals surface area contributed by atoms with Crippen LogP contribution in [0.1, 0.15) is 41.5 Å². The minimum absolute atomic E-state index is 0. The number of hydrogen-bond donors (Lipinski definition) is 0. The third kappa shape index (κ3) is 214. The molecule has 168 valence electrons. The summed E-state index contributed by atoms with van der Waals surface area (Å²) in [7, 11) is 0. The van der Waals surface area contributed by atoms with Crippen molar-refractivity contribution >= 4 is 0 Å². The molecule has 0 aliphatic rings. The fraction of sp³-hybridized carbons (Fsp3) is 0.200. The molecule has 0 nitrogen and oxygen atoms in total. The van der Waals surface area contributed by atoms with Gasteiger partial charge in [-0.3, -0.25) is 39.5 Å².